The molecule has 1 fully saturated rings. The molecule has 34 heavy (non-hydrogen) atoms. The van der Waals surface area contributed by atoms with E-state index in [1.807, 2.05) is 30.3 Å². The van der Waals surface area contributed by atoms with E-state index in [-0.39, 0.29) is 24.9 Å². The Labute approximate surface area is 200 Å². The first-order valence-corrected chi connectivity index (χ1v) is 12.1. The molecular formula is C29H32O5. The average Bonchev–Trinajstić information content (AvgIpc) is 3.27. The van der Waals surface area contributed by atoms with Crippen LogP contribution in [-0.4, -0.2) is 41.7 Å². The van der Waals surface area contributed by atoms with E-state index in [1.54, 1.807) is 0 Å². The van der Waals surface area contributed by atoms with Crippen LogP contribution in [0.5, 0.6) is 11.5 Å². The van der Waals surface area contributed by atoms with Crippen LogP contribution in [0.3, 0.4) is 0 Å². The van der Waals surface area contributed by atoms with Crippen molar-refractivity contribution in [3.8, 4) is 11.5 Å². The number of benzene rings is 3. The summed E-state index contributed by atoms with van der Waals surface area (Å²) in [5.74, 6) is 1.80. The molecule has 178 valence electrons. The number of aryl methyl sites for hydroxylation is 1. The molecule has 0 aromatic heterocycles. The van der Waals surface area contributed by atoms with Crippen LogP contribution >= 0.6 is 0 Å². The molecule has 0 radical (unpaired) electrons. The molecule has 2 unspecified atom stereocenters. The number of hydrogen-bond donors (Lipinski definition) is 2. The van der Waals surface area contributed by atoms with Crippen molar-refractivity contribution in [2.24, 2.45) is 0 Å². The molecule has 5 heteroatoms. The van der Waals surface area contributed by atoms with Crippen molar-refractivity contribution >= 4 is 0 Å². The van der Waals surface area contributed by atoms with Gasteiger partial charge in [-0.05, 0) is 59.4 Å². The van der Waals surface area contributed by atoms with Crippen LogP contribution in [0, 0.1) is 6.92 Å². The van der Waals surface area contributed by atoms with Gasteiger partial charge in [-0.25, -0.2) is 0 Å². The highest BCUT2D eigenvalue weighted by Crippen LogP contribution is 2.33. The van der Waals surface area contributed by atoms with Crippen LogP contribution in [0.1, 0.15) is 46.8 Å². The van der Waals surface area contributed by atoms with E-state index >= 15 is 0 Å². The van der Waals surface area contributed by atoms with Crippen molar-refractivity contribution in [3.05, 3.63) is 94.5 Å². The summed E-state index contributed by atoms with van der Waals surface area (Å²) in [4.78, 5) is 0. The molecule has 0 saturated carbocycles. The first-order chi connectivity index (χ1) is 16.6. The molecule has 3 aromatic rings. The van der Waals surface area contributed by atoms with Gasteiger partial charge in [0.15, 0.2) is 0 Å². The summed E-state index contributed by atoms with van der Waals surface area (Å²) < 4.78 is 18.0. The van der Waals surface area contributed by atoms with Crippen LogP contribution in [0.25, 0.3) is 0 Å². The second kappa shape index (κ2) is 10.2. The zero-order valence-corrected chi connectivity index (χ0v) is 19.5. The molecule has 5 nitrogen and oxygen atoms in total. The third-order valence-corrected chi connectivity index (χ3v) is 6.79. The predicted molar refractivity (Wildman–Crippen MR) is 130 cm³/mol. The fourth-order valence-electron chi connectivity index (χ4n) is 4.86. The minimum Gasteiger partial charge on any atom is -0.490 e. The van der Waals surface area contributed by atoms with Crippen molar-refractivity contribution < 1.29 is 24.4 Å². The second-order valence-electron chi connectivity index (χ2n) is 9.42. The molecule has 0 aliphatic carbocycles. The monoisotopic (exact) mass is 460 g/mol. The third-order valence-electron chi connectivity index (χ3n) is 6.79. The minimum absolute atomic E-state index is 0.0495. The number of para-hydroxylation sites is 1. The van der Waals surface area contributed by atoms with Gasteiger partial charge in [-0.15, -0.1) is 0 Å². The summed E-state index contributed by atoms with van der Waals surface area (Å²) >= 11 is 0. The number of fused-ring (bicyclic) bond motifs is 1. The van der Waals surface area contributed by atoms with Crippen LogP contribution in [0.15, 0.2) is 66.7 Å². The first-order valence-electron chi connectivity index (χ1n) is 12.1. The Kier molecular flexibility index (Phi) is 6.86. The maximum absolute atomic E-state index is 10.2. The van der Waals surface area contributed by atoms with Gasteiger partial charge >= 0.3 is 0 Å². The summed E-state index contributed by atoms with van der Waals surface area (Å²) in [7, 11) is 0. The highest BCUT2D eigenvalue weighted by atomic mass is 16.5. The van der Waals surface area contributed by atoms with Gasteiger partial charge in [0, 0.05) is 19.3 Å². The lowest BCUT2D eigenvalue weighted by atomic mass is 9.92. The maximum Gasteiger partial charge on any atom is 0.137 e. The van der Waals surface area contributed by atoms with Crippen LogP contribution in [-0.2, 0) is 17.6 Å². The third kappa shape index (κ3) is 5.27. The standard InChI is InChI=1S/C29H32O5/c1-19-6-9-22(29-16-24(31)15-26(17-30)33-29)13-23(19)12-20-7-10-25(11-8-20)32-18-27-14-21-4-2-3-5-28(21)34-27/h2-11,13,24,26-27,29-31H,12,14-18H2,1H3/t24?,26-,27?,29+/m0/s1. The number of aliphatic hydroxyl groups excluding tert-OH is 2. The van der Waals surface area contributed by atoms with Crippen molar-refractivity contribution in [2.45, 2.75) is 57.0 Å². The highest BCUT2D eigenvalue weighted by molar-refractivity contribution is 5.39. The molecule has 0 amide bonds. The summed E-state index contributed by atoms with van der Waals surface area (Å²) in [5, 5.41) is 19.7. The Morgan fingerprint density at radius 1 is 0.971 bits per heavy atom. The van der Waals surface area contributed by atoms with Gasteiger partial charge in [-0.1, -0.05) is 48.5 Å². The van der Waals surface area contributed by atoms with E-state index in [4.69, 9.17) is 14.2 Å². The number of rotatable bonds is 7. The summed E-state index contributed by atoms with van der Waals surface area (Å²) in [5.41, 5.74) is 5.94. The van der Waals surface area contributed by atoms with Gasteiger partial charge < -0.3 is 24.4 Å². The molecule has 2 aliphatic rings. The van der Waals surface area contributed by atoms with Crippen molar-refractivity contribution in [1.82, 2.24) is 0 Å². The smallest absolute Gasteiger partial charge is 0.137 e. The molecule has 1 saturated heterocycles. The lowest BCUT2D eigenvalue weighted by molar-refractivity contribution is -0.113. The largest absolute Gasteiger partial charge is 0.490 e. The van der Waals surface area contributed by atoms with Gasteiger partial charge in [0.25, 0.3) is 0 Å². The minimum atomic E-state index is -0.447. The second-order valence-corrected chi connectivity index (χ2v) is 9.42. The lowest BCUT2D eigenvalue weighted by Gasteiger charge is -2.32. The van der Waals surface area contributed by atoms with Crippen LogP contribution in [0.2, 0.25) is 0 Å². The van der Waals surface area contributed by atoms with Crippen molar-refractivity contribution in [1.29, 1.82) is 0 Å². The summed E-state index contributed by atoms with van der Waals surface area (Å²) in [6.07, 6.45) is 1.82. The van der Waals surface area contributed by atoms with E-state index < -0.39 is 6.10 Å². The molecule has 3 aromatic carbocycles. The lowest BCUT2D eigenvalue weighted by Crippen LogP contribution is -2.33. The van der Waals surface area contributed by atoms with E-state index in [2.05, 4.69) is 43.3 Å². The molecule has 0 spiro atoms. The van der Waals surface area contributed by atoms with Gasteiger partial charge in [-0.2, -0.15) is 0 Å². The normalized spacial score (nSPS) is 23.9. The van der Waals surface area contributed by atoms with Gasteiger partial charge in [0.05, 0.1) is 24.9 Å². The molecule has 4 atom stereocenters. The fraction of sp³-hybridized carbons (Fsp3) is 0.379. The SMILES string of the molecule is Cc1ccc([C@H]2CC(O)C[C@@H](CO)O2)cc1Cc1ccc(OCC2Cc3ccccc3O2)cc1. The molecule has 5 rings (SSSR count). The Morgan fingerprint density at radius 3 is 2.59 bits per heavy atom. The first kappa shape index (κ1) is 22.9. The van der Waals surface area contributed by atoms with Crippen LogP contribution in [0.4, 0.5) is 0 Å². The Bertz CT molecular complexity index is 1080. The number of hydrogen-bond acceptors (Lipinski definition) is 5. The highest BCUT2D eigenvalue weighted by Gasteiger charge is 2.29. The Hall–Kier alpha value is -2.86. The summed E-state index contributed by atoms with van der Waals surface area (Å²) in [6, 6.07) is 22.7. The van der Waals surface area contributed by atoms with E-state index in [0.29, 0.717) is 19.4 Å². The molecule has 2 heterocycles. The predicted octanol–water partition coefficient (Wildman–Crippen LogP) is 4.54. The molecular weight excluding hydrogens is 428 g/mol. The van der Waals surface area contributed by atoms with Crippen LogP contribution < -0.4 is 9.47 Å². The Balaban J connectivity index is 1.20. The maximum atomic E-state index is 10.2. The Morgan fingerprint density at radius 2 is 1.79 bits per heavy atom. The van der Waals surface area contributed by atoms with E-state index in [0.717, 1.165) is 29.9 Å². The fourth-order valence-corrected chi connectivity index (χ4v) is 4.86. The van der Waals surface area contributed by atoms with Gasteiger partial charge in [0.2, 0.25) is 0 Å². The van der Waals surface area contributed by atoms with E-state index in [1.165, 1.54) is 22.3 Å². The zero-order valence-electron chi connectivity index (χ0n) is 19.5. The van der Waals surface area contributed by atoms with Gasteiger partial charge in [0.1, 0.15) is 24.2 Å². The van der Waals surface area contributed by atoms with E-state index in [9.17, 15) is 10.2 Å². The van der Waals surface area contributed by atoms with Gasteiger partial charge in [-0.3, -0.25) is 0 Å². The molecule has 2 aliphatic heterocycles. The topological polar surface area (TPSA) is 68.2 Å². The van der Waals surface area contributed by atoms with Crippen molar-refractivity contribution in [3.63, 3.8) is 0 Å². The number of ether oxygens (including phenoxy) is 3. The molecule has 0 bridgehead atoms. The quantitative estimate of drug-likeness (QED) is 0.542. The summed E-state index contributed by atoms with van der Waals surface area (Å²) in [6.45, 7) is 2.57. The van der Waals surface area contributed by atoms with Crippen molar-refractivity contribution in [2.75, 3.05) is 13.2 Å². The number of aliphatic hydroxyl groups is 2. The zero-order chi connectivity index (χ0) is 23.5. The average molecular weight is 461 g/mol. The molecule has 2 N–H and O–H groups in total.